The van der Waals surface area contributed by atoms with Crippen LogP contribution in [-0.2, 0) is 19.4 Å². The standard InChI is InChI=1S/C16H18FN3O5S/c17-12-4-2-1-3-10(12)13-5-6-20(7-8-26(13,24)25)15(22)11-9-18-16(23)19-14(11)21/h1-4,11,13H,5-9H2,(H2,18,19,21,23). The van der Waals surface area contributed by atoms with Gasteiger partial charge in [0.05, 0.1) is 11.0 Å². The van der Waals surface area contributed by atoms with E-state index in [0.29, 0.717) is 0 Å². The van der Waals surface area contributed by atoms with Crippen molar-refractivity contribution < 1.29 is 27.2 Å². The molecule has 2 atom stereocenters. The maximum absolute atomic E-state index is 14.0. The molecule has 2 unspecified atom stereocenters. The van der Waals surface area contributed by atoms with Crippen molar-refractivity contribution in [1.82, 2.24) is 15.5 Å². The number of nitrogens with zero attached hydrogens (tertiary/aromatic N) is 1. The number of amides is 4. The van der Waals surface area contributed by atoms with Crippen LogP contribution in [0, 0.1) is 11.7 Å². The number of nitrogens with one attached hydrogen (secondary N) is 2. The number of urea groups is 1. The van der Waals surface area contributed by atoms with Crippen LogP contribution in [0.3, 0.4) is 0 Å². The summed E-state index contributed by atoms with van der Waals surface area (Å²) in [6.07, 6.45) is 0.0374. The van der Waals surface area contributed by atoms with Gasteiger partial charge in [-0.1, -0.05) is 18.2 Å². The zero-order chi connectivity index (χ0) is 18.9. The highest BCUT2D eigenvalue weighted by molar-refractivity contribution is 7.91. The van der Waals surface area contributed by atoms with Gasteiger partial charge in [-0.15, -0.1) is 0 Å². The Labute approximate surface area is 149 Å². The lowest BCUT2D eigenvalue weighted by atomic mass is 10.0. The molecule has 26 heavy (non-hydrogen) atoms. The molecule has 2 N–H and O–H groups in total. The number of imide groups is 1. The first-order valence-corrected chi connectivity index (χ1v) is 9.84. The lowest BCUT2D eigenvalue weighted by Crippen LogP contribution is -2.57. The third kappa shape index (κ3) is 3.55. The molecule has 0 saturated carbocycles. The second-order valence-electron chi connectivity index (χ2n) is 6.24. The number of sulfone groups is 1. The molecule has 1 aromatic carbocycles. The van der Waals surface area contributed by atoms with Crippen LogP contribution in [0.15, 0.2) is 24.3 Å². The first kappa shape index (κ1) is 18.3. The average molecular weight is 383 g/mol. The highest BCUT2D eigenvalue weighted by Gasteiger charge is 2.39. The fraction of sp³-hybridized carbons (Fsp3) is 0.438. The predicted octanol–water partition coefficient (Wildman–Crippen LogP) is -0.0305. The molecule has 2 heterocycles. The van der Waals surface area contributed by atoms with Crippen LogP contribution in [0.4, 0.5) is 9.18 Å². The van der Waals surface area contributed by atoms with E-state index in [1.54, 1.807) is 6.07 Å². The molecule has 10 heteroatoms. The molecule has 0 radical (unpaired) electrons. The normalized spacial score (nSPS) is 25.8. The summed E-state index contributed by atoms with van der Waals surface area (Å²) >= 11 is 0. The zero-order valence-electron chi connectivity index (χ0n) is 13.8. The van der Waals surface area contributed by atoms with Gasteiger partial charge in [0.25, 0.3) is 0 Å². The molecule has 3 rings (SSSR count). The maximum atomic E-state index is 14.0. The Balaban J connectivity index is 1.78. The summed E-state index contributed by atoms with van der Waals surface area (Å²) in [5.74, 6) is -3.28. The van der Waals surface area contributed by atoms with E-state index in [9.17, 15) is 27.2 Å². The van der Waals surface area contributed by atoms with Crippen LogP contribution < -0.4 is 10.6 Å². The van der Waals surface area contributed by atoms with Crippen molar-refractivity contribution in [2.45, 2.75) is 11.7 Å². The Morgan fingerprint density at radius 2 is 1.92 bits per heavy atom. The summed E-state index contributed by atoms with van der Waals surface area (Å²) in [6, 6.07) is 5.01. The van der Waals surface area contributed by atoms with Crippen LogP contribution >= 0.6 is 0 Å². The van der Waals surface area contributed by atoms with Gasteiger partial charge in [-0.2, -0.15) is 0 Å². The fourth-order valence-electron chi connectivity index (χ4n) is 3.20. The second-order valence-corrected chi connectivity index (χ2v) is 8.55. The van der Waals surface area contributed by atoms with Crippen molar-refractivity contribution in [3.05, 3.63) is 35.6 Å². The first-order chi connectivity index (χ1) is 12.3. The van der Waals surface area contributed by atoms with Crippen molar-refractivity contribution in [3.63, 3.8) is 0 Å². The predicted molar refractivity (Wildman–Crippen MR) is 89.2 cm³/mol. The number of carbonyl (C=O) groups is 3. The van der Waals surface area contributed by atoms with E-state index in [2.05, 4.69) is 5.32 Å². The van der Waals surface area contributed by atoms with Gasteiger partial charge in [0.1, 0.15) is 11.7 Å². The van der Waals surface area contributed by atoms with Gasteiger partial charge < -0.3 is 10.2 Å². The summed E-state index contributed by atoms with van der Waals surface area (Å²) in [7, 11) is -3.66. The average Bonchev–Trinajstić information content (AvgIpc) is 2.73. The SMILES string of the molecule is O=C1NCC(C(=O)N2CCC(c3ccccc3F)S(=O)(=O)CC2)C(=O)N1. The van der Waals surface area contributed by atoms with Crippen molar-refractivity contribution in [1.29, 1.82) is 0 Å². The van der Waals surface area contributed by atoms with Gasteiger partial charge in [0, 0.05) is 25.2 Å². The van der Waals surface area contributed by atoms with E-state index >= 15 is 0 Å². The van der Waals surface area contributed by atoms with E-state index in [4.69, 9.17) is 0 Å². The minimum atomic E-state index is -3.66. The van der Waals surface area contributed by atoms with Crippen LogP contribution in [0.2, 0.25) is 0 Å². The molecule has 2 aliphatic rings. The van der Waals surface area contributed by atoms with E-state index in [1.807, 2.05) is 5.32 Å². The van der Waals surface area contributed by atoms with E-state index in [0.717, 1.165) is 0 Å². The molecule has 0 bridgehead atoms. The Hall–Kier alpha value is -2.49. The Morgan fingerprint density at radius 1 is 1.19 bits per heavy atom. The smallest absolute Gasteiger partial charge is 0.321 e. The van der Waals surface area contributed by atoms with Crippen molar-refractivity contribution in [2.75, 3.05) is 25.4 Å². The molecular formula is C16H18FN3O5S. The summed E-state index contributed by atoms with van der Waals surface area (Å²) in [6.45, 7) is -0.137. The van der Waals surface area contributed by atoms with Gasteiger partial charge in [-0.3, -0.25) is 14.9 Å². The summed E-state index contributed by atoms with van der Waals surface area (Å²) in [5.41, 5.74) is 0.0875. The van der Waals surface area contributed by atoms with E-state index in [-0.39, 0.29) is 37.4 Å². The monoisotopic (exact) mass is 383 g/mol. The quantitative estimate of drug-likeness (QED) is 0.697. The van der Waals surface area contributed by atoms with Crippen LogP contribution in [-0.4, -0.2) is 56.6 Å². The Morgan fingerprint density at radius 3 is 2.62 bits per heavy atom. The molecule has 2 aliphatic heterocycles. The molecule has 0 aliphatic carbocycles. The molecule has 4 amide bonds. The number of rotatable bonds is 2. The lowest BCUT2D eigenvalue weighted by Gasteiger charge is -2.27. The summed E-state index contributed by atoms with van der Waals surface area (Å²) in [5, 5.41) is 3.35. The minimum Gasteiger partial charge on any atom is -0.341 e. The highest BCUT2D eigenvalue weighted by Crippen LogP contribution is 2.31. The number of carbonyl (C=O) groups excluding carboxylic acids is 3. The highest BCUT2D eigenvalue weighted by atomic mass is 32.2. The van der Waals surface area contributed by atoms with Gasteiger partial charge in [0.2, 0.25) is 11.8 Å². The first-order valence-electron chi connectivity index (χ1n) is 8.13. The summed E-state index contributed by atoms with van der Waals surface area (Å²) in [4.78, 5) is 36.8. The van der Waals surface area contributed by atoms with Crippen LogP contribution in [0.5, 0.6) is 0 Å². The molecular weight excluding hydrogens is 365 g/mol. The van der Waals surface area contributed by atoms with Gasteiger partial charge in [-0.25, -0.2) is 17.6 Å². The van der Waals surface area contributed by atoms with Crippen molar-refractivity contribution in [2.24, 2.45) is 5.92 Å². The molecule has 1 aromatic rings. The Kier molecular flexibility index (Phi) is 4.94. The topological polar surface area (TPSA) is 113 Å². The third-order valence-corrected chi connectivity index (χ3v) is 6.73. The number of hydrogen-bond acceptors (Lipinski definition) is 5. The molecule has 140 valence electrons. The van der Waals surface area contributed by atoms with E-state index in [1.165, 1.54) is 23.1 Å². The number of hydrogen-bond donors (Lipinski definition) is 2. The number of benzene rings is 1. The maximum Gasteiger partial charge on any atom is 0.321 e. The number of halogens is 1. The minimum absolute atomic E-state index is 0.0374. The van der Waals surface area contributed by atoms with Crippen molar-refractivity contribution in [3.8, 4) is 0 Å². The Bertz CT molecular complexity index is 857. The molecule has 8 nitrogen and oxygen atoms in total. The van der Waals surface area contributed by atoms with E-state index < -0.39 is 44.7 Å². The van der Waals surface area contributed by atoms with Gasteiger partial charge in [-0.05, 0) is 12.5 Å². The van der Waals surface area contributed by atoms with Crippen LogP contribution in [0.25, 0.3) is 0 Å². The third-order valence-electron chi connectivity index (χ3n) is 4.62. The van der Waals surface area contributed by atoms with Crippen LogP contribution in [0.1, 0.15) is 17.2 Å². The fourth-order valence-corrected chi connectivity index (χ4v) is 5.00. The molecule has 2 saturated heterocycles. The van der Waals surface area contributed by atoms with Gasteiger partial charge in [0.15, 0.2) is 9.84 Å². The lowest BCUT2D eigenvalue weighted by molar-refractivity contribution is -0.141. The largest absolute Gasteiger partial charge is 0.341 e. The van der Waals surface area contributed by atoms with Gasteiger partial charge >= 0.3 is 6.03 Å². The second kappa shape index (κ2) is 7.02. The van der Waals surface area contributed by atoms with Crippen molar-refractivity contribution >= 4 is 27.7 Å². The molecule has 0 aromatic heterocycles. The summed E-state index contributed by atoms with van der Waals surface area (Å²) < 4.78 is 39.2. The zero-order valence-corrected chi connectivity index (χ0v) is 14.6. The molecule has 0 spiro atoms. The molecule has 2 fully saturated rings.